The van der Waals surface area contributed by atoms with E-state index in [4.69, 9.17) is 10.2 Å². The lowest BCUT2D eigenvalue weighted by Gasteiger charge is -2.04. The minimum absolute atomic E-state index is 1.01. The summed E-state index contributed by atoms with van der Waals surface area (Å²) in [7, 11) is 3.59. The van der Waals surface area contributed by atoms with E-state index < -0.39 is 0 Å². The van der Waals surface area contributed by atoms with Crippen molar-refractivity contribution in [3.05, 3.63) is 47.8 Å². The third-order valence-electron chi connectivity index (χ3n) is 4.20. The molecule has 0 N–H and O–H groups in total. The predicted molar refractivity (Wildman–Crippen MR) is 124 cm³/mol. The summed E-state index contributed by atoms with van der Waals surface area (Å²) in [5.74, 6) is 2.02. The number of hydrogen-bond donors (Lipinski definition) is 0. The second kappa shape index (κ2) is 8.65. The molecule has 0 atom stereocenters. The number of hydrogen-bond acceptors (Lipinski definition) is 6. The number of fused-ring (bicyclic) bond motifs is 2. The maximum absolute atomic E-state index is 4.80. The van der Waals surface area contributed by atoms with E-state index in [9.17, 15) is 0 Å². The summed E-state index contributed by atoms with van der Waals surface area (Å²) < 4.78 is 3.99. The van der Waals surface area contributed by atoms with E-state index in [-0.39, 0.29) is 0 Å². The molecule has 0 aliphatic heterocycles. The van der Waals surface area contributed by atoms with Gasteiger partial charge >= 0.3 is 0 Å². The second-order valence-corrected chi connectivity index (χ2v) is 11.0. The van der Waals surface area contributed by atoms with Crippen LogP contribution in [0.2, 0.25) is 0 Å². The van der Waals surface area contributed by atoms with Gasteiger partial charge in [0.1, 0.15) is 10.1 Å². The molecule has 0 aliphatic rings. The molecule has 0 bridgehead atoms. The minimum atomic E-state index is 1.01. The molecule has 0 amide bonds. The van der Waals surface area contributed by atoms with E-state index in [1.54, 1.807) is 45.1 Å². The van der Waals surface area contributed by atoms with Crippen LogP contribution >= 0.6 is 45.1 Å². The van der Waals surface area contributed by atoms with Crippen LogP contribution in [-0.2, 0) is 0 Å². The Morgan fingerprint density at radius 2 is 1.18 bits per heavy atom. The number of nitrogens with zero attached hydrogens (tertiary/aromatic N) is 4. The molecule has 4 nitrogen and oxygen atoms in total. The summed E-state index contributed by atoms with van der Waals surface area (Å²) >= 11 is 3.60. The van der Waals surface area contributed by atoms with Crippen LogP contribution in [0.25, 0.3) is 11.0 Å². The molecule has 4 aromatic heterocycles. The Morgan fingerprint density at radius 3 is 1.57 bits per heavy atom. The zero-order valence-electron chi connectivity index (χ0n) is 16.3. The Bertz CT molecular complexity index is 1040. The molecule has 0 fully saturated rings. The highest BCUT2D eigenvalue weighted by atomic mass is 33.1. The molecule has 4 aromatic rings. The first kappa shape index (κ1) is 20.1. The Balaban J connectivity index is 1.75. The minimum Gasteiger partial charge on any atom is -0.239 e. The fourth-order valence-corrected chi connectivity index (χ4v) is 7.50. The summed E-state index contributed by atoms with van der Waals surface area (Å²) in [6, 6.07) is 8.65. The van der Waals surface area contributed by atoms with Gasteiger partial charge in [-0.15, -0.1) is 23.5 Å². The highest BCUT2D eigenvalue weighted by Gasteiger charge is 2.19. The molecule has 4 rings (SSSR count). The third kappa shape index (κ3) is 3.92. The maximum Gasteiger partial charge on any atom is 0.134 e. The van der Waals surface area contributed by atoms with Gasteiger partial charge in [-0.25, -0.2) is 9.03 Å². The molecule has 0 saturated carbocycles. The van der Waals surface area contributed by atoms with Gasteiger partial charge in [0.15, 0.2) is 0 Å². The largest absolute Gasteiger partial charge is 0.239 e. The smallest absolute Gasteiger partial charge is 0.134 e. The van der Waals surface area contributed by atoms with Crippen molar-refractivity contribution >= 4 is 56.1 Å². The number of aromatic nitrogens is 4. The molecule has 0 aliphatic carbocycles. The number of pyridine rings is 2. The molecule has 146 valence electrons. The first-order valence-electron chi connectivity index (χ1n) is 9.18. The molecule has 0 radical (unpaired) electrons. The quantitative estimate of drug-likeness (QED) is 0.234. The summed E-state index contributed by atoms with van der Waals surface area (Å²) in [6.07, 6.45) is 4.10. The number of rotatable bonds is 7. The number of thioether (sulfide) groups is 2. The van der Waals surface area contributed by atoms with Gasteiger partial charge in [0.25, 0.3) is 0 Å². The zero-order chi connectivity index (χ0) is 19.7. The van der Waals surface area contributed by atoms with Crippen LogP contribution in [0.3, 0.4) is 0 Å². The molecule has 8 heteroatoms. The summed E-state index contributed by atoms with van der Waals surface area (Å²) in [6.45, 7) is 8.60. The lowest BCUT2D eigenvalue weighted by molar-refractivity contribution is 0.892. The molecule has 0 unspecified atom stereocenters. The summed E-state index contributed by atoms with van der Waals surface area (Å²) in [4.78, 5) is 2.47. The molecular formula is C20H22N4S4. The van der Waals surface area contributed by atoms with Crippen molar-refractivity contribution < 1.29 is 0 Å². The van der Waals surface area contributed by atoms with Crippen LogP contribution < -0.4 is 0 Å². The molecule has 0 aromatic carbocycles. The van der Waals surface area contributed by atoms with E-state index in [1.807, 2.05) is 9.03 Å². The highest BCUT2D eigenvalue weighted by Crippen LogP contribution is 2.47. The Kier molecular flexibility index (Phi) is 6.20. The van der Waals surface area contributed by atoms with Crippen LogP contribution in [0.1, 0.15) is 25.0 Å². The molecule has 0 saturated heterocycles. The monoisotopic (exact) mass is 446 g/mol. The normalized spacial score (nSPS) is 11.7. The fraction of sp³-hybridized carbons (Fsp3) is 0.300. The van der Waals surface area contributed by atoms with Gasteiger partial charge in [0, 0.05) is 12.4 Å². The lowest BCUT2D eigenvalue weighted by atomic mass is 10.3. The standard InChI is InChI=1S/C20H22N4S4/c1-5-25-19-17(15-11-13(3)7-9-23(15)21-19)27-28-18-16-12-14(4)8-10-24(16)22-20(18)26-6-2/h7-12H,5-6H2,1-4H3. The van der Waals surface area contributed by atoms with E-state index >= 15 is 0 Å². The summed E-state index contributed by atoms with van der Waals surface area (Å²) in [5, 5.41) is 11.8. The van der Waals surface area contributed by atoms with E-state index in [0.717, 1.165) is 21.6 Å². The van der Waals surface area contributed by atoms with Gasteiger partial charge < -0.3 is 0 Å². The number of aryl methyl sites for hydroxylation is 2. The van der Waals surface area contributed by atoms with Crippen molar-refractivity contribution in [2.45, 2.75) is 47.5 Å². The van der Waals surface area contributed by atoms with Gasteiger partial charge in [-0.2, -0.15) is 10.2 Å². The van der Waals surface area contributed by atoms with Gasteiger partial charge in [-0.05, 0) is 82.3 Å². The van der Waals surface area contributed by atoms with Crippen molar-refractivity contribution in [1.29, 1.82) is 0 Å². The zero-order valence-corrected chi connectivity index (χ0v) is 19.6. The van der Waals surface area contributed by atoms with E-state index in [2.05, 4.69) is 64.4 Å². The first-order chi connectivity index (χ1) is 13.6. The molecule has 28 heavy (non-hydrogen) atoms. The Hall–Kier alpha value is -1.22. The second-order valence-electron chi connectivity index (χ2n) is 6.37. The lowest BCUT2D eigenvalue weighted by Crippen LogP contribution is -1.86. The van der Waals surface area contributed by atoms with Gasteiger partial charge in [0.05, 0.1) is 20.8 Å². The highest BCUT2D eigenvalue weighted by molar-refractivity contribution is 8.76. The SMILES string of the molecule is CCSc1nn2ccc(C)cc2c1SSc1c(SCC)nn2ccc(C)cc12. The van der Waals surface area contributed by atoms with Crippen molar-refractivity contribution in [2.75, 3.05) is 11.5 Å². The van der Waals surface area contributed by atoms with E-state index in [1.165, 1.54) is 32.0 Å². The van der Waals surface area contributed by atoms with Crippen molar-refractivity contribution in [3.8, 4) is 0 Å². The van der Waals surface area contributed by atoms with Crippen LogP contribution in [-0.4, -0.2) is 30.7 Å². The topological polar surface area (TPSA) is 34.6 Å². The van der Waals surface area contributed by atoms with E-state index in [0.29, 0.717) is 0 Å². The first-order valence-corrected chi connectivity index (χ1v) is 13.3. The van der Waals surface area contributed by atoms with Crippen LogP contribution in [0.4, 0.5) is 0 Å². The maximum atomic E-state index is 4.80. The third-order valence-corrected chi connectivity index (χ3v) is 8.63. The van der Waals surface area contributed by atoms with Crippen molar-refractivity contribution in [3.63, 3.8) is 0 Å². The van der Waals surface area contributed by atoms with Crippen molar-refractivity contribution in [2.24, 2.45) is 0 Å². The fourth-order valence-electron chi connectivity index (χ4n) is 2.92. The Labute approximate surface area is 181 Å². The average Bonchev–Trinajstić information content (AvgIpc) is 3.18. The van der Waals surface area contributed by atoms with Gasteiger partial charge in [0.2, 0.25) is 0 Å². The predicted octanol–water partition coefficient (Wildman–Crippen LogP) is 6.62. The van der Waals surface area contributed by atoms with Gasteiger partial charge in [-0.3, -0.25) is 0 Å². The Morgan fingerprint density at radius 1 is 0.750 bits per heavy atom. The van der Waals surface area contributed by atoms with Crippen LogP contribution in [0.5, 0.6) is 0 Å². The van der Waals surface area contributed by atoms with Crippen LogP contribution in [0.15, 0.2) is 56.5 Å². The van der Waals surface area contributed by atoms with Crippen molar-refractivity contribution in [1.82, 2.24) is 19.2 Å². The molecule has 4 heterocycles. The molecular weight excluding hydrogens is 425 g/mol. The molecule has 0 spiro atoms. The van der Waals surface area contributed by atoms with Crippen LogP contribution in [0, 0.1) is 13.8 Å². The summed E-state index contributed by atoms with van der Waals surface area (Å²) in [5.41, 5.74) is 4.85. The van der Waals surface area contributed by atoms with Gasteiger partial charge in [-0.1, -0.05) is 13.8 Å². The average molecular weight is 447 g/mol.